The quantitative estimate of drug-likeness (QED) is 0.747. The normalized spacial score (nSPS) is 24.6. The van der Waals surface area contributed by atoms with Gasteiger partial charge in [-0.3, -0.25) is 0 Å². The van der Waals surface area contributed by atoms with E-state index in [9.17, 15) is 9.90 Å². The zero-order valence-corrected chi connectivity index (χ0v) is 9.40. The summed E-state index contributed by atoms with van der Waals surface area (Å²) >= 11 is 0. The van der Waals surface area contributed by atoms with Crippen LogP contribution >= 0.6 is 0 Å². The molecule has 1 aliphatic rings. The van der Waals surface area contributed by atoms with Gasteiger partial charge >= 0.3 is 5.97 Å². The van der Waals surface area contributed by atoms with E-state index >= 15 is 0 Å². The molecule has 0 saturated carbocycles. The van der Waals surface area contributed by atoms with Gasteiger partial charge in [0.2, 0.25) is 0 Å². The van der Waals surface area contributed by atoms with E-state index in [1.807, 2.05) is 0 Å². The van der Waals surface area contributed by atoms with Crippen molar-refractivity contribution in [1.29, 1.82) is 0 Å². The lowest BCUT2D eigenvalue weighted by Gasteiger charge is -2.28. The largest absolute Gasteiger partial charge is 0.504 e. The summed E-state index contributed by atoms with van der Waals surface area (Å²) in [7, 11) is 0. The van der Waals surface area contributed by atoms with E-state index in [0.717, 1.165) is 0 Å². The minimum Gasteiger partial charge on any atom is -0.504 e. The molecule has 0 aliphatic heterocycles. The number of rotatable bonds is 5. The summed E-state index contributed by atoms with van der Waals surface area (Å²) in [5, 5.41) is 18.7. The first-order chi connectivity index (χ1) is 7.55. The first-order valence-electron chi connectivity index (χ1n) is 5.18. The number of hydrogen-bond donors (Lipinski definition) is 2. The van der Waals surface area contributed by atoms with E-state index in [1.165, 1.54) is 12.2 Å². The summed E-state index contributed by atoms with van der Waals surface area (Å²) in [6, 6.07) is 0. The van der Waals surface area contributed by atoms with E-state index < -0.39 is 11.6 Å². The van der Waals surface area contributed by atoms with Gasteiger partial charge in [0.25, 0.3) is 0 Å². The molecule has 16 heavy (non-hydrogen) atoms. The molecular formula is C11H16O5. The molecule has 0 aromatic heterocycles. The van der Waals surface area contributed by atoms with Crippen LogP contribution in [0.5, 0.6) is 0 Å². The van der Waals surface area contributed by atoms with Gasteiger partial charge in [-0.05, 0) is 19.9 Å². The lowest BCUT2D eigenvalue weighted by Crippen LogP contribution is -2.41. The summed E-state index contributed by atoms with van der Waals surface area (Å²) in [5.74, 6) is -0.974. The van der Waals surface area contributed by atoms with Gasteiger partial charge in [-0.1, -0.05) is 0 Å². The second-order valence-corrected chi connectivity index (χ2v) is 3.36. The van der Waals surface area contributed by atoms with Crippen molar-refractivity contribution in [1.82, 2.24) is 0 Å². The van der Waals surface area contributed by atoms with Gasteiger partial charge in [0, 0.05) is 19.1 Å². The zero-order valence-electron chi connectivity index (χ0n) is 9.40. The highest BCUT2D eigenvalue weighted by Crippen LogP contribution is 2.29. The van der Waals surface area contributed by atoms with Gasteiger partial charge in [0.15, 0.2) is 17.1 Å². The Morgan fingerprint density at radius 2 is 2.19 bits per heavy atom. The molecule has 0 saturated heterocycles. The molecule has 0 spiro atoms. The molecule has 1 aliphatic carbocycles. The fourth-order valence-corrected chi connectivity index (χ4v) is 1.53. The average molecular weight is 228 g/mol. The number of ether oxygens (including phenoxy) is 2. The lowest BCUT2D eigenvalue weighted by atomic mass is 9.93. The molecule has 2 N–H and O–H groups in total. The van der Waals surface area contributed by atoms with E-state index in [1.54, 1.807) is 13.8 Å². The summed E-state index contributed by atoms with van der Waals surface area (Å²) in [5.41, 5.74) is -1.43. The number of aliphatic hydroxyl groups is 1. The number of carboxylic acids is 1. The third-order valence-corrected chi connectivity index (χ3v) is 2.28. The molecule has 5 heteroatoms. The van der Waals surface area contributed by atoms with Crippen LogP contribution in [0.15, 0.2) is 23.7 Å². The Bertz CT molecular complexity index is 331. The number of carbonyl (C=O) groups is 1. The van der Waals surface area contributed by atoms with Gasteiger partial charge in [-0.2, -0.15) is 0 Å². The van der Waals surface area contributed by atoms with Crippen LogP contribution in [0.1, 0.15) is 20.3 Å². The number of carboxylic acid groups (broad SMARTS) is 1. The Labute approximate surface area is 94.0 Å². The summed E-state index contributed by atoms with van der Waals surface area (Å²) < 4.78 is 10.4. The highest BCUT2D eigenvalue weighted by molar-refractivity contribution is 5.81. The Morgan fingerprint density at radius 1 is 1.50 bits per heavy atom. The van der Waals surface area contributed by atoms with E-state index in [2.05, 4.69) is 0 Å². The maximum Gasteiger partial charge on any atom is 0.340 e. The van der Waals surface area contributed by atoms with Crippen molar-refractivity contribution >= 4 is 5.97 Å². The molecule has 1 unspecified atom stereocenters. The lowest BCUT2D eigenvalue weighted by molar-refractivity contribution is -0.159. The number of hydrogen-bond acceptors (Lipinski definition) is 4. The van der Waals surface area contributed by atoms with Gasteiger partial charge in [-0.15, -0.1) is 0 Å². The molecule has 0 fully saturated rings. The third-order valence-electron chi connectivity index (χ3n) is 2.28. The fourth-order valence-electron chi connectivity index (χ4n) is 1.53. The average Bonchev–Trinajstić information content (AvgIpc) is 2.23. The molecule has 0 amide bonds. The Balaban J connectivity index is 3.01. The first-order valence-corrected chi connectivity index (χ1v) is 5.18. The van der Waals surface area contributed by atoms with Gasteiger partial charge in [0.05, 0.1) is 6.61 Å². The monoisotopic (exact) mass is 228 g/mol. The predicted molar refractivity (Wildman–Crippen MR) is 57.0 cm³/mol. The smallest absolute Gasteiger partial charge is 0.340 e. The summed E-state index contributed by atoms with van der Waals surface area (Å²) in [6.45, 7) is 4.10. The molecule has 0 radical (unpaired) electrons. The third kappa shape index (κ3) is 2.36. The minimum atomic E-state index is -1.43. The fraction of sp³-hybridized carbons (Fsp3) is 0.545. The second kappa shape index (κ2) is 5.03. The van der Waals surface area contributed by atoms with Crippen molar-refractivity contribution in [2.75, 3.05) is 13.2 Å². The van der Waals surface area contributed by atoms with Crippen LogP contribution in [0.3, 0.4) is 0 Å². The molecule has 0 aromatic rings. The highest BCUT2D eigenvalue weighted by atomic mass is 16.5. The first kappa shape index (κ1) is 12.6. The Hall–Kier alpha value is -1.49. The topological polar surface area (TPSA) is 76.0 Å². The molecule has 1 atom stereocenters. The standard InChI is InChI=1S/C11H16O5/c1-3-15-9-7-11(10(13)14,16-4-2)6-5-8(9)12/h5,7,12H,3-4,6H2,1-2H3,(H,13,14). The van der Waals surface area contributed by atoms with Crippen LogP contribution in [-0.4, -0.2) is 35.0 Å². The van der Waals surface area contributed by atoms with Crippen LogP contribution in [0, 0.1) is 0 Å². The molecule has 0 bridgehead atoms. The van der Waals surface area contributed by atoms with Crippen LogP contribution in [-0.2, 0) is 14.3 Å². The number of aliphatic carboxylic acids is 1. The van der Waals surface area contributed by atoms with Gasteiger partial charge in [0.1, 0.15) is 0 Å². The van der Waals surface area contributed by atoms with Gasteiger partial charge in [-0.25, -0.2) is 4.79 Å². The summed E-state index contributed by atoms with van der Waals surface area (Å²) in [6.07, 6.45) is 2.81. The minimum absolute atomic E-state index is 0.0431. The highest BCUT2D eigenvalue weighted by Gasteiger charge is 2.40. The van der Waals surface area contributed by atoms with Gasteiger partial charge < -0.3 is 19.7 Å². The molecular weight excluding hydrogens is 212 g/mol. The van der Waals surface area contributed by atoms with E-state index in [-0.39, 0.29) is 24.5 Å². The summed E-state index contributed by atoms with van der Waals surface area (Å²) in [4.78, 5) is 11.2. The molecule has 1 rings (SSSR count). The maximum atomic E-state index is 11.2. The molecule has 5 nitrogen and oxygen atoms in total. The van der Waals surface area contributed by atoms with Crippen LogP contribution in [0.2, 0.25) is 0 Å². The van der Waals surface area contributed by atoms with Crippen molar-refractivity contribution < 1.29 is 24.5 Å². The Morgan fingerprint density at radius 3 is 2.69 bits per heavy atom. The molecule has 90 valence electrons. The van der Waals surface area contributed by atoms with E-state index in [0.29, 0.717) is 6.61 Å². The number of aliphatic hydroxyl groups excluding tert-OH is 1. The van der Waals surface area contributed by atoms with Crippen LogP contribution < -0.4 is 0 Å². The van der Waals surface area contributed by atoms with Crippen molar-refractivity contribution in [2.24, 2.45) is 0 Å². The van der Waals surface area contributed by atoms with Crippen molar-refractivity contribution in [3.8, 4) is 0 Å². The van der Waals surface area contributed by atoms with Crippen molar-refractivity contribution in [3.05, 3.63) is 23.7 Å². The van der Waals surface area contributed by atoms with E-state index in [4.69, 9.17) is 14.6 Å². The maximum absolute atomic E-state index is 11.2. The second-order valence-electron chi connectivity index (χ2n) is 3.36. The van der Waals surface area contributed by atoms with Crippen molar-refractivity contribution in [2.45, 2.75) is 25.9 Å². The zero-order chi connectivity index (χ0) is 12.2. The predicted octanol–water partition coefficient (Wildman–Crippen LogP) is 1.61. The van der Waals surface area contributed by atoms with Crippen LogP contribution in [0.4, 0.5) is 0 Å². The molecule has 0 aromatic carbocycles. The van der Waals surface area contributed by atoms with Crippen molar-refractivity contribution in [3.63, 3.8) is 0 Å². The Kier molecular flexibility index (Phi) is 3.95. The van der Waals surface area contributed by atoms with Crippen LogP contribution in [0.25, 0.3) is 0 Å². The molecule has 0 heterocycles. The SMILES string of the molecule is CCOC1=CC(OCC)(C(=O)O)CC=C1O.